The molecule has 0 aliphatic rings. The molecular formula is C18H19ClN2O3. The van der Waals surface area contributed by atoms with Gasteiger partial charge in [0.1, 0.15) is 11.8 Å². The molecule has 0 aromatic heterocycles. The van der Waals surface area contributed by atoms with Gasteiger partial charge in [0.2, 0.25) is 5.91 Å². The number of para-hydroxylation sites is 1. The summed E-state index contributed by atoms with van der Waals surface area (Å²) < 4.78 is 5.33. The molecule has 0 saturated carbocycles. The van der Waals surface area contributed by atoms with Gasteiger partial charge >= 0.3 is 0 Å². The second-order valence-corrected chi connectivity index (χ2v) is 5.61. The van der Waals surface area contributed by atoms with Crippen LogP contribution in [0, 0.1) is 0 Å². The molecule has 0 aliphatic heterocycles. The molecule has 2 N–H and O–H groups in total. The lowest BCUT2D eigenvalue weighted by Gasteiger charge is -2.15. The second-order valence-electron chi connectivity index (χ2n) is 5.20. The van der Waals surface area contributed by atoms with Gasteiger partial charge in [0, 0.05) is 11.6 Å². The molecule has 2 rings (SSSR count). The number of nitrogens with one attached hydrogen (secondary N) is 2. The lowest BCUT2D eigenvalue weighted by Crippen LogP contribution is -2.46. The molecule has 6 heteroatoms. The smallest absolute Gasteiger partial charge is 0.258 e. The van der Waals surface area contributed by atoms with Crippen LogP contribution >= 0.6 is 11.6 Å². The predicted octanol–water partition coefficient (Wildman–Crippen LogP) is 2.54. The van der Waals surface area contributed by atoms with Gasteiger partial charge in [-0.05, 0) is 30.7 Å². The van der Waals surface area contributed by atoms with E-state index in [1.54, 1.807) is 25.1 Å². The molecule has 1 atom stereocenters. The Kier molecular flexibility index (Phi) is 6.63. The first-order valence-corrected chi connectivity index (χ1v) is 7.92. The maximum Gasteiger partial charge on any atom is 0.258 e. The summed E-state index contributed by atoms with van der Waals surface area (Å²) in [5, 5.41) is 5.92. The van der Waals surface area contributed by atoms with Crippen LogP contribution in [0.25, 0.3) is 0 Å². The zero-order valence-corrected chi connectivity index (χ0v) is 14.0. The molecule has 2 amide bonds. The van der Waals surface area contributed by atoms with E-state index in [9.17, 15) is 9.59 Å². The highest BCUT2D eigenvalue weighted by atomic mass is 35.5. The number of halogens is 1. The van der Waals surface area contributed by atoms with Crippen molar-refractivity contribution < 1.29 is 14.3 Å². The van der Waals surface area contributed by atoms with Crippen LogP contribution in [0.2, 0.25) is 5.02 Å². The first kappa shape index (κ1) is 17.8. The van der Waals surface area contributed by atoms with Crippen LogP contribution < -0.4 is 15.4 Å². The molecule has 0 bridgehead atoms. The lowest BCUT2D eigenvalue weighted by molar-refractivity contribution is -0.129. The Balaban J connectivity index is 1.74. The van der Waals surface area contributed by atoms with Gasteiger partial charge in [0.05, 0.1) is 0 Å². The van der Waals surface area contributed by atoms with Crippen LogP contribution in [0.1, 0.15) is 12.5 Å². The van der Waals surface area contributed by atoms with E-state index in [1.165, 1.54) is 0 Å². The van der Waals surface area contributed by atoms with Gasteiger partial charge in [0.15, 0.2) is 6.61 Å². The fourth-order valence-corrected chi connectivity index (χ4v) is 2.19. The number of rotatable bonds is 7. The van der Waals surface area contributed by atoms with E-state index in [4.69, 9.17) is 16.3 Å². The average molecular weight is 347 g/mol. The van der Waals surface area contributed by atoms with E-state index in [-0.39, 0.29) is 18.4 Å². The maximum absolute atomic E-state index is 12.0. The number of ether oxygens (including phenoxy) is 1. The quantitative estimate of drug-likeness (QED) is 0.809. The van der Waals surface area contributed by atoms with E-state index in [1.807, 2.05) is 36.4 Å². The van der Waals surface area contributed by atoms with Crippen LogP contribution in [0.15, 0.2) is 54.6 Å². The van der Waals surface area contributed by atoms with E-state index >= 15 is 0 Å². The minimum atomic E-state index is -0.667. The van der Waals surface area contributed by atoms with Crippen molar-refractivity contribution in [1.29, 1.82) is 0 Å². The average Bonchev–Trinajstić information content (AvgIpc) is 2.60. The fraction of sp³-hybridized carbons (Fsp3) is 0.222. The van der Waals surface area contributed by atoms with Gasteiger partial charge in [-0.15, -0.1) is 0 Å². The monoisotopic (exact) mass is 346 g/mol. The van der Waals surface area contributed by atoms with Crippen LogP contribution in [-0.2, 0) is 16.1 Å². The first-order chi connectivity index (χ1) is 11.6. The molecule has 126 valence electrons. The Morgan fingerprint density at radius 1 is 1.08 bits per heavy atom. The van der Waals surface area contributed by atoms with Crippen molar-refractivity contribution in [3.05, 3.63) is 65.2 Å². The molecule has 2 aromatic carbocycles. The SMILES string of the molecule is C[C@@H](NC(=O)COc1ccccc1)C(=O)NCc1ccccc1Cl. The third-order valence-corrected chi connectivity index (χ3v) is 3.66. The number of amides is 2. The third kappa shape index (κ3) is 5.59. The molecular weight excluding hydrogens is 328 g/mol. The number of benzene rings is 2. The van der Waals surface area contributed by atoms with Crippen molar-refractivity contribution in [1.82, 2.24) is 10.6 Å². The Morgan fingerprint density at radius 2 is 1.75 bits per heavy atom. The summed E-state index contributed by atoms with van der Waals surface area (Å²) in [7, 11) is 0. The summed E-state index contributed by atoms with van der Waals surface area (Å²) in [5.41, 5.74) is 0.818. The molecule has 0 saturated heterocycles. The summed E-state index contributed by atoms with van der Waals surface area (Å²) in [6.45, 7) is 1.77. The van der Waals surface area contributed by atoms with Crippen molar-refractivity contribution >= 4 is 23.4 Å². The van der Waals surface area contributed by atoms with Crippen LogP contribution in [0.5, 0.6) is 5.75 Å². The Bertz CT molecular complexity index is 692. The molecule has 0 heterocycles. The van der Waals surface area contributed by atoms with E-state index < -0.39 is 6.04 Å². The normalized spacial score (nSPS) is 11.4. The number of carbonyl (C=O) groups excluding carboxylic acids is 2. The van der Waals surface area contributed by atoms with Gasteiger partial charge in [-0.2, -0.15) is 0 Å². The zero-order valence-electron chi connectivity index (χ0n) is 13.3. The van der Waals surface area contributed by atoms with E-state index in [0.717, 1.165) is 5.56 Å². The van der Waals surface area contributed by atoms with Crippen LogP contribution in [0.4, 0.5) is 0 Å². The van der Waals surface area contributed by atoms with Crippen molar-refractivity contribution in [2.45, 2.75) is 19.5 Å². The highest BCUT2D eigenvalue weighted by molar-refractivity contribution is 6.31. The molecule has 2 aromatic rings. The van der Waals surface area contributed by atoms with Crippen LogP contribution in [0.3, 0.4) is 0 Å². The Labute approximate surface area is 146 Å². The van der Waals surface area contributed by atoms with E-state index in [2.05, 4.69) is 10.6 Å². The Morgan fingerprint density at radius 3 is 2.46 bits per heavy atom. The lowest BCUT2D eigenvalue weighted by atomic mass is 10.2. The molecule has 5 nitrogen and oxygen atoms in total. The number of hydrogen-bond acceptors (Lipinski definition) is 3. The maximum atomic E-state index is 12.0. The summed E-state index contributed by atoms with van der Waals surface area (Å²) in [6.07, 6.45) is 0. The van der Waals surface area contributed by atoms with Gasteiger partial charge < -0.3 is 15.4 Å². The first-order valence-electron chi connectivity index (χ1n) is 7.54. The van der Waals surface area contributed by atoms with Gasteiger partial charge in [-0.3, -0.25) is 9.59 Å². The van der Waals surface area contributed by atoms with Crippen LogP contribution in [-0.4, -0.2) is 24.5 Å². The molecule has 0 fully saturated rings. The van der Waals surface area contributed by atoms with Crippen molar-refractivity contribution in [3.8, 4) is 5.75 Å². The van der Waals surface area contributed by atoms with Gasteiger partial charge in [0.25, 0.3) is 5.91 Å². The van der Waals surface area contributed by atoms with E-state index in [0.29, 0.717) is 17.3 Å². The van der Waals surface area contributed by atoms with Crippen molar-refractivity contribution in [2.75, 3.05) is 6.61 Å². The highest BCUT2D eigenvalue weighted by Crippen LogP contribution is 2.14. The fourth-order valence-electron chi connectivity index (χ4n) is 1.99. The van der Waals surface area contributed by atoms with Gasteiger partial charge in [-0.1, -0.05) is 48.0 Å². The highest BCUT2D eigenvalue weighted by Gasteiger charge is 2.15. The Hall–Kier alpha value is -2.53. The molecule has 0 spiro atoms. The molecule has 0 radical (unpaired) electrons. The summed E-state index contributed by atoms with van der Waals surface area (Å²) in [4.78, 5) is 23.9. The minimum absolute atomic E-state index is 0.147. The number of carbonyl (C=O) groups is 2. The summed E-state index contributed by atoms with van der Waals surface area (Å²) in [6, 6.07) is 15.6. The minimum Gasteiger partial charge on any atom is -0.484 e. The predicted molar refractivity (Wildman–Crippen MR) is 92.8 cm³/mol. The molecule has 24 heavy (non-hydrogen) atoms. The third-order valence-electron chi connectivity index (χ3n) is 3.29. The topological polar surface area (TPSA) is 67.4 Å². The number of hydrogen-bond donors (Lipinski definition) is 2. The molecule has 0 unspecified atom stereocenters. The molecule has 0 aliphatic carbocycles. The summed E-state index contributed by atoms with van der Waals surface area (Å²) in [5.74, 6) is -0.0503. The largest absolute Gasteiger partial charge is 0.484 e. The standard InChI is InChI=1S/C18H19ClN2O3/c1-13(18(23)20-11-14-7-5-6-10-16(14)19)21-17(22)12-24-15-8-3-2-4-9-15/h2-10,13H,11-12H2,1H3,(H,20,23)(H,21,22)/t13-/m1/s1. The van der Waals surface area contributed by atoms with Crippen molar-refractivity contribution in [2.24, 2.45) is 0 Å². The van der Waals surface area contributed by atoms with Crippen molar-refractivity contribution in [3.63, 3.8) is 0 Å². The summed E-state index contributed by atoms with van der Waals surface area (Å²) >= 11 is 6.03. The second kappa shape index (κ2) is 8.93. The van der Waals surface area contributed by atoms with Gasteiger partial charge in [-0.25, -0.2) is 0 Å². The zero-order chi connectivity index (χ0) is 17.4.